The van der Waals surface area contributed by atoms with Crippen molar-refractivity contribution in [2.24, 2.45) is 0 Å². The second-order valence-corrected chi connectivity index (χ2v) is 5.27. The topological polar surface area (TPSA) is 38.3 Å². The zero-order chi connectivity index (χ0) is 21.9. The van der Waals surface area contributed by atoms with Crippen molar-refractivity contribution in [1.82, 2.24) is 0 Å². The second-order valence-electron chi connectivity index (χ2n) is 5.27. The first-order chi connectivity index (χ1) is 13.4. The van der Waals surface area contributed by atoms with Crippen LogP contribution >= 0.6 is 0 Å². The number of carbonyl (C=O) groups is 1. The van der Waals surface area contributed by atoms with Crippen LogP contribution in [-0.4, -0.2) is 12.5 Å². The lowest BCUT2D eigenvalue weighted by molar-refractivity contribution is -0.143. The molecule has 156 valence electrons. The Morgan fingerprint density at radius 3 is 1.90 bits per heavy atom. The van der Waals surface area contributed by atoms with Gasteiger partial charge in [0.05, 0.1) is 0 Å². The maximum atomic E-state index is 13.7. The number of carbonyl (C=O) groups excluding carboxylic acids is 1. The minimum atomic E-state index is -5.71. The van der Waals surface area contributed by atoms with Crippen molar-refractivity contribution in [2.45, 2.75) is 12.8 Å². The van der Waals surface area contributed by atoms with Gasteiger partial charge in [-0.05, 0) is 23.8 Å². The molecule has 29 heavy (non-hydrogen) atoms. The van der Waals surface area contributed by atoms with Gasteiger partial charge in [-0.3, -0.25) is 4.79 Å². The van der Waals surface area contributed by atoms with Gasteiger partial charge in [-0.25, -0.2) is 17.6 Å². The summed E-state index contributed by atoms with van der Waals surface area (Å²) in [5, 5.41) is 1.40. The molecule has 0 bridgehead atoms. The molecule has 0 radical (unpaired) electrons. The molecule has 2 aromatic rings. The Balaban J connectivity index is 2.22. The van der Waals surface area contributed by atoms with Gasteiger partial charge in [0, 0.05) is 6.08 Å². The lowest BCUT2D eigenvalue weighted by Crippen LogP contribution is -2.19. The monoisotopic (exact) mass is 429 g/mol. The summed E-state index contributed by atoms with van der Waals surface area (Å²) in [7, 11) is 0. The highest BCUT2D eigenvalue weighted by Crippen LogP contribution is 2.38. The normalized spacial score (nSPS) is 11.9. The number of ether oxygens (including phenoxy) is 1. The standard InChI is InChI=1S/C17H8F9NO2/c18-11-10(17(24,25)26)12(19)14(21)15(13(11)20)27-9(28)6-3-7-1-4-8(5-2-7)29-16(22)23/h1-6,16H,(H,27,28)/b6-3-. The molecule has 0 spiro atoms. The molecule has 3 nitrogen and oxygen atoms in total. The minimum Gasteiger partial charge on any atom is -0.435 e. The number of anilines is 1. The molecule has 0 aromatic heterocycles. The molecule has 2 rings (SSSR count). The largest absolute Gasteiger partial charge is 0.435 e. The molecule has 1 N–H and O–H groups in total. The second kappa shape index (κ2) is 8.45. The molecule has 0 saturated heterocycles. The first-order valence-corrected chi connectivity index (χ1v) is 7.39. The summed E-state index contributed by atoms with van der Waals surface area (Å²) < 4.78 is 120. The van der Waals surface area contributed by atoms with Gasteiger partial charge in [-0.15, -0.1) is 0 Å². The number of rotatable bonds is 5. The lowest BCUT2D eigenvalue weighted by Gasteiger charge is -2.14. The molecule has 0 unspecified atom stereocenters. The summed E-state index contributed by atoms with van der Waals surface area (Å²) in [6.07, 6.45) is -4.05. The maximum absolute atomic E-state index is 13.7. The van der Waals surface area contributed by atoms with Crippen LogP contribution in [0, 0.1) is 23.3 Å². The van der Waals surface area contributed by atoms with E-state index in [4.69, 9.17) is 0 Å². The molecule has 0 saturated carbocycles. The van der Waals surface area contributed by atoms with Crippen LogP contribution in [0.25, 0.3) is 6.08 Å². The Morgan fingerprint density at radius 1 is 0.931 bits per heavy atom. The van der Waals surface area contributed by atoms with Crippen LogP contribution in [0.4, 0.5) is 45.2 Å². The molecule has 2 aromatic carbocycles. The fraction of sp³-hybridized carbons (Fsp3) is 0.118. The highest BCUT2D eigenvalue weighted by molar-refractivity contribution is 6.02. The Bertz CT molecular complexity index is 908. The summed E-state index contributed by atoms with van der Waals surface area (Å²) in [5.41, 5.74) is -4.29. The fourth-order valence-corrected chi connectivity index (χ4v) is 2.09. The van der Waals surface area contributed by atoms with Gasteiger partial charge < -0.3 is 10.1 Å². The van der Waals surface area contributed by atoms with Gasteiger partial charge in [-0.1, -0.05) is 12.1 Å². The van der Waals surface area contributed by atoms with Gasteiger partial charge in [0.2, 0.25) is 5.91 Å². The smallest absolute Gasteiger partial charge is 0.422 e. The first-order valence-electron chi connectivity index (χ1n) is 7.39. The average molecular weight is 429 g/mol. The summed E-state index contributed by atoms with van der Waals surface area (Å²) in [6, 6.07) is 4.67. The van der Waals surface area contributed by atoms with Crippen LogP contribution in [0.1, 0.15) is 11.1 Å². The molecule has 1 amide bonds. The third kappa shape index (κ3) is 5.21. The van der Waals surface area contributed by atoms with Crippen molar-refractivity contribution >= 4 is 17.7 Å². The first kappa shape index (κ1) is 22.1. The summed E-state index contributed by atoms with van der Waals surface area (Å²) in [5.74, 6) is -11.8. The Labute approximate surface area is 156 Å². The van der Waals surface area contributed by atoms with E-state index in [1.807, 2.05) is 0 Å². The number of benzene rings is 2. The van der Waals surface area contributed by atoms with Crippen LogP contribution < -0.4 is 10.1 Å². The van der Waals surface area contributed by atoms with Gasteiger partial charge in [-0.2, -0.15) is 22.0 Å². The van der Waals surface area contributed by atoms with E-state index in [0.717, 1.165) is 18.2 Å². The Kier molecular flexibility index (Phi) is 6.44. The Hall–Kier alpha value is -3.18. The van der Waals surface area contributed by atoms with E-state index in [9.17, 15) is 44.3 Å². The molecule has 0 aliphatic heterocycles. The van der Waals surface area contributed by atoms with E-state index in [0.29, 0.717) is 6.08 Å². The highest BCUT2D eigenvalue weighted by Gasteiger charge is 2.42. The van der Waals surface area contributed by atoms with Gasteiger partial charge in [0.1, 0.15) is 17.0 Å². The molecule has 0 aliphatic rings. The van der Waals surface area contributed by atoms with Crippen molar-refractivity contribution in [1.29, 1.82) is 0 Å². The van der Waals surface area contributed by atoms with Crippen LogP contribution in [0.5, 0.6) is 5.75 Å². The minimum absolute atomic E-state index is 0.193. The van der Waals surface area contributed by atoms with Crippen LogP contribution in [0.2, 0.25) is 0 Å². The summed E-state index contributed by atoms with van der Waals surface area (Å²) in [4.78, 5) is 11.7. The fourth-order valence-electron chi connectivity index (χ4n) is 2.09. The van der Waals surface area contributed by atoms with E-state index in [1.165, 1.54) is 17.4 Å². The van der Waals surface area contributed by atoms with Crippen molar-refractivity contribution in [3.05, 3.63) is 64.7 Å². The predicted octanol–water partition coefficient (Wildman–Crippen LogP) is 5.52. The van der Waals surface area contributed by atoms with Crippen molar-refractivity contribution in [3.63, 3.8) is 0 Å². The van der Waals surface area contributed by atoms with Crippen molar-refractivity contribution < 1.29 is 49.0 Å². The Morgan fingerprint density at radius 2 is 1.45 bits per heavy atom. The zero-order valence-corrected chi connectivity index (χ0v) is 13.8. The molecule has 0 fully saturated rings. The third-order valence-electron chi connectivity index (χ3n) is 3.33. The average Bonchev–Trinajstić information content (AvgIpc) is 2.61. The molecular weight excluding hydrogens is 421 g/mol. The zero-order valence-electron chi connectivity index (χ0n) is 13.8. The van der Waals surface area contributed by atoms with Crippen molar-refractivity contribution in [3.8, 4) is 5.75 Å². The molecular formula is C17H8F9NO2. The summed E-state index contributed by atoms with van der Waals surface area (Å²) >= 11 is 0. The maximum Gasteiger partial charge on any atom is 0.422 e. The van der Waals surface area contributed by atoms with Gasteiger partial charge >= 0.3 is 12.8 Å². The van der Waals surface area contributed by atoms with Crippen LogP contribution in [0.15, 0.2) is 30.3 Å². The lowest BCUT2D eigenvalue weighted by atomic mass is 10.1. The van der Waals surface area contributed by atoms with Crippen LogP contribution in [-0.2, 0) is 11.0 Å². The van der Waals surface area contributed by atoms with Gasteiger partial charge in [0.25, 0.3) is 0 Å². The molecule has 0 atom stereocenters. The molecule has 12 heteroatoms. The van der Waals surface area contributed by atoms with Crippen LogP contribution in [0.3, 0.4) is 0 Å². The van der Waals surface area contributed by atoms with E-state index in [1.54, 1.807) is 0 Å². The third-order valence-corrected chi connectivity index (χ3v) is 3.33. The highest BCUT2D eigenvalue weighted by atomic mass is 19.4. The number of halogens is 9. The number of amides is 1. The SMILES string of the molecule is O=C(/C=C\c1ccc(OC(F)F)cc1)Nc1c(F)c(F)c(C(F)(F)F)c(F)c1F. The number of alkyl halides is 5. The predicted molar refractivity (Wildman–Crippen MR) is 82.0 cm³/mol. The summed E-state index contributed by atoms with van der Waals surface area (Å²) in [6.45, 7) is -3.06. The quantitative estimate of drug-likeness (QED) is 0.387. The van der Waals surface area contributed by atoms with Gasteiger partial charge in [0.15, 0.2) is 23.3 Å². The molecule has 0 aliphatic carbocycles. The van der Waals surface area contributed by atoms with E-state index >= 15 is 0 Å². The molecule has 0 heterocycles. The van der Waals surface area contributed by atoms with E-state index < -0.39 is 53.2 Å². The van der Waals surface area contributed by atoms with E-state index in [2.05, 4.69) is 4.74 Å². The number of hydrogen-bond acceptors (Lipinski definition) is 2. The number of nitrogens with one attached hydrogen (secondary N) is 1. The number of hydrogen-bond donors (Lipinski definition) is 1. The van der Waals surface area contributed by atoms with E-state index in [-0.39, 0.29) is 11.3 Å². The van der Waals surface area contributed by atoms with Crippen molar-refractivity contribution in [2.75, 3.05) is 5.32 Å².